The van der Waals surface area contributed by atoms with Crippen LogP contribution in [0, 0.1) is 5.92 Å². The maximum atomic E-state index is 10.0. The fourth-order valence-electron chi connectivity index (χ4n) is 2.78. The normalized spacial score (nSPS) is 14.5. The zero-order valence-electron chi connectivity index (χ0n) is 13.8. The number of hydrogen-bond donors (Lipinski definition) is 1. The lowest BCUT2D eigenvalue weighted by molar-refractivity contribution is 0.130. The van der Waals surface area contributed by atoms with E-state index in [0.29, 0.717) is 5.92 Å². The van der Waals surface area contributed by atoms with Gasteiger partial charge in [0.05, 0.1) is 6.10 Å². The van der Waals surface area contributed by atoms with Crippen molar-refractivity contribution in [3.8, 4) is 0 Å². The van der Waals surface area contributed by atoms with E-state index in [1.54, 1.807) is 0 Å². The predicted octanol–water partition coefficient (Wildman–Crippen LogP) is 6.09. The SMILES string of the molecule is CCCCCCCCC[C@@H](O)C[C@H](C)CCCCC. The third kappa shape index (κ3) is 14.2. The van der Waals surface area contributed by atoms with E-state index in [4.69, 9.17) is 0 Å². The Morgan fingerprint density at radius 1 is 0.684 bits per heavy atom. The fraction of sp³-hybridized carbons (Fsp3) is 1.00. The molecule has 2 atom stereocenters. The molecule has 0 bridgehead atoms. The maximum Gasteiger partial charge on any atom is 0.0542 e. The first-order valence-corrected chi connectivity index (χ1v) is 8.88. The lowest BCUT2D eigenvalue weighted by atomic mass is 9.94. The Hall–Kier alpha value is -0.0400. The summed E-state index contributed by atoms with van der Waals surface area (Å²) in [7, 11) is 0. The minimum atomic E-state index is -0.0488. The molecule has 116 valence electrons. The molecule has 19 heavy (non-hydrogen) atoms. The molecule has 0 rings (SSSR count). The Morgan fingerprint density at radius 2 is 1.16 bits per heavy atom. The van der Waals surface area contributed by atoms with Gasteiger partial charge in [0.1, 0.15) is 0 Å². The summed E-state index contributed by atoms with van der Waals surface area (Å²) in [6.07, 6.45) is 16.6. The van der Waals surface area contributed by atoms with Gasteiger partial charge in [-0.1, -0.05) is 91.4 Å². The van der Waals surface area contributed by atoms with E-state index in [0.717, 1.165) is 12.8 Å². The van der Waals surface area contributed by atoms with Crippen molar-refractivity contribution in [1.29, 1.82) is 0 Å². The zero-order valence-corrected chi connectivity index (χ0v) is 13.8. The van der Waals surface area contributed by atoms with Crippen molar-refractivity contribution in [1.82, 2.24) is 0 Å². The van der Waals surface area contributed by atoms with Crippen molar-refractivity contribution in [2.75, 3.05) is 0 Å². The van der Waals surface area contributed by atoms with Crippen LogP contribution in [-0.2, 0) is 0 Å². The highest BCUT2D eigenvalue weighted by Crippen LogP contribution is 2.18. The van der Waals surface area contributed by atoms with Crippen molar-refractivity contribution >= 4 is 0 Å². The monoisotopic (exact) mass is 270 g/mol. The Kier molecular flexibility index (Phi) is 14.3. The molecule has 0 heterocycles. The molecule has 0 aromatic carbocycles. The second-order valence-electron chi connectivity index (χ2n) is 6.40. The summed E-state index contributed by atoms with van der Waals surface area (Å²) < 4.78 is 0. The van der Waals surface area contributed by atoms with Crippen LogP contribution >= 0.6 is 0 Å². The first-order chi connectivity index (χ1) is 9.20. The molecule has 0 aliphatic heterocycles. The van der Waals surface area contributed by atoms with Gasteiger partial charge in [0.25, 0.3) is 0 Å². The van der Waals surface area contributed by atoms with Gasteiger partial charge in [-0.3, -0.25) is 0 Å². The average molecular weight is 271 g/mol. The van der Waals surface area contributed by atoms with E-state index >= 15 is 0 Å². The second kappa shape index (κ2) is 14.4. The Balaban J connectivity index is 3.30. The molecular formula is C18H38O. The zero-order chi connectivity index (χ0) is 14.3. The van der Waals surface area contributed by atoms with Gasteiger partial charge >= 0.3 is 0 Å². The lowest BCUT2D eigenvalue weighted by Crippen LogP contribution is -2.11. The first-order valence-electron chi connectivity index (χ1n) is 8.88. The highest BCUT2D eigenvalue weighted by molar-refractivity contribution is 4.62. The van der Waals surface area contributed by atoms with Crippen LogP contribution in [0.15, 0.2) is 0 Å². The largest absolute Gasteiger partial charge is 0.393 e. The second-order valence-corrected chi connectivity index (χ2v) is 6.40. The molecule has 0 aromatic heterocycles. The number of aliphatic hydroxyl groups excluding tert-OH is 1. The summed E-state index contributed by atoms with van der Waals surface area (Å²) >= 11 is 0. The molecule has 0 unspecified atom stereocenters. The number of aliphatic hydroxyl groups is 1. The molecule has 0 radical (unpaired) electrons. The summed E-state index contributed by atoms with van der Waals surface area (Å²) in [6.45, 7) is 6.81. The summed E-state index contributed by atoms with van der Waals surface area (Å²) in [5, 5.41) is 10.0. The van der Waals surface area contributed by atoms with E-state index in [2.05, 4.69) is 20.8 Å². The Bertz CT molecular complexity index is 167. The van der Waals surface area contributed by atoms with Gasteiger partial charge in [-0.05, 0) is 18.8 Å². The van der Waals surface area contributed by atoms with E-state index < -0.39 is 0 Å². The topological polar surface area (TPSA) is 20.2 Å². The fourth-order valence-corrected chi connectivity index (χ4v) is 2.78. The van der Waals surface area contributed by atoms with E-state index in [9.17, 15) is 5.11 Å². The van der Waals surface area contributed by atoms with Crippen LogP contribution in [0.4, 0.5) is 0 Å². The van der Waals surface area contributed by atoms with Gasteiger partial charge in [-0.25, -0.2) is 0 Å². The van der Waals surface area contributed by atoms with Crippen molar-refractivity contribution in [2.24, 2.45) is 5.92 Å². The molecule has 0 fully saturated rings. The summed E-state index contributed by atoms with van der Waals surface area (Å²) in [6, 6.07) is 0. The van der Waals surface area contributed by atoms with Gasteiger partial charge in [-0.2, -0.15) is 0 Å². The molecule has 0 aliphatic rings. The average Bonchev–Trinajstić information content (AvgIpc) is 2.38. The number of rotatable bonds is 14. The highest BCUT2D eigenvalue weighted by Gasteiger charge is 2.09. The molecule has 0 spiro atoms. The molecule has 0 amide bonds. The molecule has 0 saturated heterocycles. The third-order valence-electron chi connectivity index (χ3n) is 4.12. The van der Waals surface area contributed by atoms with Crippen molar-refractivity contribution in [3.05, 3.63) is 0 Å². The van der Waals surface area contributed by atoms with Crippen LogP contribution in [-0.4, -0.2) is 11.2 Å². The van der Waals surface area contributed by atoms with Gasteiger partial charge in [0.2, 0.25) is 0 Å². The lowest BCUT2D eigenvalue weighted by Gasteiger charge is -2.16. The van der Waals surface area contributed by atoms with E-state index in [-0.39, 0.29) is 6.10 Å². The molecule has 1 heteroatoms. The van der Waals surface area contributed by atoms with Gasteiger partial charge in [-0.15, -0.1) is 0 Å². The van der Waals surface area contributed by atoms with Gasteiger partial charge in [0, 0.05) is 0 Å². The maximum absolute atomic E-state index is 10.0. The molecule has 1 N–H and O–H groups in total. The summed E-state index contributed by atoms with van der Waals surface area (Å²) in [5.74, 6) is 0.700. The predicted molar refractivity (Wildman–Crippen MR) is 86.5 cm³/mol. The van der Waals surface area contributed by atoms with Crippen LogP contribution in [0.5, 0.6) is 0 Å². The smallest absolute Gasteiger partial charge is 0.0542 e. The van der Waals surface area contributed by atoms with Crippen molar-refractivity contribution in [3.63, 3.8) is 0 Å². The van der Waals surface area contributed by atoms with Gasteiger partial charge in [0.15, 0.2) is 0 Å². The first kappa shape index (κ1) is 19.0. The quantitative estimate of drug-likeness (QED) is 0.378. The Morgan fingerprint density at radius 3 is 1.79 bits per heavy atom. The van der Waals surface area contributed by atoms with Gasteiger partial charge < -0.3 is 5.11 Å². The molecule has 0 aliphatic carbocycles. The van der Waals surface area contributed by atoms with Crippen molar-refractivity contribution in [2.45, 2.75) is 110 Å². The van der Waals surface area contributed by atoms with Crippen LogP contribution in [0.25, 0.3) is 0 Å². The molecule has 0 aromatic rings. The third-order valence-corrected chi connectivity index (χ3v) is 4.12. The molecular weight excluding hydrogens is 232 g/mol. The molecule has 0 saturated carbocycles. The summed E-state index contributed by atoms with van der Waals surface area (Å²) in [4.78, 5) is 0. The van der Waals surface area contributed by atoms with Crippen LogP contribution < -0.4 is 0 Å². The highest BCUT2D eigenvalue weighted by atomic mass is 16.3. The van der Waals surface area contributed by atoms with Crippen LogP contribution in [0.2, 0.25) is 0 Å². The molecule has 1 nitrogen and oxygen atoms in total. The summed E-state index contributed by atoms with van der Waals surface area (Å²) in [5.41, 5.74) is 0. The standard InChI is InChI=1S/C18H38O/c1-4-6-8-9-10-11-13-15-18(19)16-17(3)14-12-7-5-2/h17-19H,4-16H2,1-3H3/t17-,18-/m1/s1. The van der Waals surface area contributed by atoms with Crippen LogP contribution in [0.3, 0.4) is 0 Å². The van der Waals surface area contributed by atoms with E-state index in [1.807, 2.05) is 0 Å². The van der Waals surface area contributed by atoms with Crippen LogP contribution in [0.1, 0.15) is 104 Å². The number of hydrogen-bond acceptors (Lipinski definition) is 1. The Labute approximate surface area is 122 Å². The number of unbranched alkanes of at least 4 members (excludes halogenated alkanes) is 8. The van der Waals surface area contributed by atoms with Crippen molar-refractivity contribution < 1.29 is 5.11 Å². The minimum absolute atomic E-state index is 0.0488. The van der Waals surface area contributed by atoms with E-state index in [1.165, 1.54) is 70.6 Å². The minimum Gasteiger partial charge on any atom is -0.393 e.